The van der Waals surface area contributed by atoms with Crippen LogP contribution in [-0.4, -0.2) is 21.2 Å². The van der Waals surface area contributed by atoms with Crippen molar-refractivity contribution >= 4 is 45.9 Å². The Kier molecular flexibility index (Phi) is 7.39. The summed E-state index contributed by atoms with van der Waals surface area (Å²) in [5.41, 5.74) is 4.93. The van der Waals surface area contributed by atoms with Crippen LogP contribution in [0.3, 0.4) is 0 Å². The SMILES string of the molecule is CCc1cccc(CC)c1NC(=O)CSc1nc2ccccc2c(=O)n1-c1cccc(Cl)c1C. The smallest absolute Gasteiger partial charge is 0.266 e. The van der Waals surface area contributed by atoms with Gasteiger partial charge in [-0.15, -0.1) is 0 Å². The number of halogens is 1. The monoisotopic (exact) mass is 491 g/mol. The van der Waals surface area contributed by atoms with E-state index >= 15 is 0 Å². The molecule has 0 spiro atoms. The van der Waals surface area contributed by atoms with Crippen LogP contribution in [0.15, 0.2) is 70.6 Å². The van der Waals surface area contributed by atoms with Gasteiger partial charge in [0.05, 0.1) is 22.3 Å². The molecule has 34 heavy (non-hydrogen) atoms. The minimum atomic E-state index is -0.191. The number of hydrogen-bond donors (Lipinski definition) is 1. The highest BCUT2D eigenvalue weighted by Gasteiger charge is 2.18. The minimum absolute atomic E-state index is 0.117. The van der Waals surface area contributed by atoms with Gasteiger partial charge in [-0.25, -0.2) is 4.98 Å². The van der Waals surface area contributed by atoms with Crippen molar-refractivity contribution in [2.24, 2.45) is 0 Å². The number of anilines is 1. The maximum Gasteiger partial charge on any atom is 0.266 e. The summed E-state index contributed by atoms with van der Waals surface area (Å²) in [6.45, 7) is 6.02. The van der Waals surface area contributed by atoms with E-state index in [4.69, 9.17) is 16.6 Å². The zero-order valence-electron chi connectivity index (χ0n) is 19.4. The average Bonchev–Trinajstić information content (AvgIpc) is 2.85. The first-order valence-electron chi connectivity index (χ1n) is 11.2. The quantitative estimate of drug-likeness (QED) is 0.247. The van der Waals surface area contributed by atoms with E-state index in [1.54, 1.807) is 28.8 Å². The lowest BCUT2D eigenvalue weighted by Crippen LogP contribution is -2.24. The normalized spacial score (nSPS) is 11.1. The van der Waals surface area contributed by atoms with Crippen LogP contribution in [0.2, 0.25) is 5.02 Å². The lowest BCUT2D eigenvalue weighted by molar-refractivity contribution is -0.113. The van der Waals surface area contributed by atoms with Crippen LogP contribution in [0, 0.1) is 6.92 Å². The topological polar surface area (TPSA) is 64.0 Å². The summed E-state index contributed by atoms with van der Waals surface area (Å²) in [5, 5.41) is 4.61. The molecule has 1 heterocycles. The Labute approximate surface area is 208 Å². The van der Waals surface area contributed by atoms with Crippen molar-refractivity contribution < 1.29 is 4.79 Å². The van der Waals surface area contributed by atoms with Crippen LogP contribution in [0.1, 0.15) is 30.5 Å². The van der Waals surface area contributed by atoms with E-state index in [1.807, 2.05) is 43.3 Å². The highest BCUT2D eigenvalue weighted by molar-refractivity contribution is 7.99. The van der Waals surface area contributed by atoms with Crippen LogP contribution in [0.4, 0.5) is 5.69 Å². The largest absolute Gasteiger partial charge is 0.325 e. The highest BCUT2D eigenvalue weighted by atomic mass is 35.5. The third-order valence-corrected chi connectivity index (χ3v) is 7.17. The van der Waals surface area contributed by atoms with Gasteiger partial charge in [-0.05, 0) is 60.7 Å². The highest BCUT2D eigenvalue weighted by Crippen LogP contribution is 2.27. The van der Waals surface area contributed by atoms with Gasteiger partial charge in [0.25, 0.3) is 5.56 Å². The molecule has 5 nitrogen and oxygen atoms in total. The molecule has 4 rings (SSSR count). The molecule has 0 saturated carbocycles. The second-order valence-electron chi connectivity index (χ2n) is 7.93. The van der Waals surface area contributed by atoms with E-state index < -0.39 is 0 Å². The first-order chi connectivity index (χ1) is 16.4. The number of carbonyl (C=O) groups excluding carboxylic acids is 1. The van der Waals surface area contributed by atoms with E-state index in [0.717, 1.165) is 35.2 Å². The Morgan fingerprint density at radius 2 is 1.68 bits per heavy atom. The summed E-state index contributed by atoms with van der Waals surface area (Å²) in [6, 6.07) is 18.8. The molecule has 0 aliphatic rings. The zero-order chi connectivity index (χ0) is 24.2. The zero-order valence-corrected chi connectivity index (χ0v) is 21.0. The molecular weight excluding hydrogens is 466 g/mol. The maximum atomic E-state index is 13.5. The number of fused-ring (bicyclic) bond motifs is 1. The molecule has 0 radical (unpaired) electrons. The van der Waals surface area contributed by atoms with Gasteiger partial charge in [0, 0.05) is 10.7 Å². The molecular formula is C27H26ClN3O2S. The van der Waals surface area contributed by atoms with Crippen molar-refractivity contribution in [3.8, 4) is 5.69 Å². The third-order valence-electron chi connectivity index (χ3n) is 5.82. The summed E-state index contributed by atoms with van der Waals surface area (Å²) >= 11 is 7.59. The molecule has 174 valence electrons. The van der Waals surface area contributed by atoms with Crippen molar-refractivity contribution in [2.45, 2.75) is 38.8 Å². The summed E-state index contributed by atoms with van der Waals surface area (Å²) < 4.78 is 1.55. The molecule has 0 bridgehead atoms. The van der Waals surface area contributed by atoms with Gasteiger partial charge in [-0.3, -0.25) is 14.2 Å². The van der Waals surface area contributed by atoms with Gasteiger partial charge >= 0.3 is 0 Å². The number of rotatable bonds is 7. The van der Waals surface area contributed by atoms with Gasteiger partial charge in [-0.1, -0.05) is 73.6 Å². The number of amides is 1. The Morgan fingerprint density at radius 1 is 1.00 bits per heavy atom. The average molecular weight is 492 g/mol. The fourth-order valence-corrected chi connectivity index (χ4v) is 4.94. The third kappa shape index (κ3) is 4.74. The Balaban J connectivity index is 1.71. The number of aryl methyl sites for hydroxylation is 2. The molecule has 1 aromatic heterocycles. The van der Waals surface area contributed by atoms with Crippen LogP contribution in [-0.2, 0) is 17.6 Å². The van der Waals surface area contributed by atoms with Crippen molar-refractivity contribution in [3.05, 3.63) is 92.7 Å². The number of nitrogens with zero attached hydrogens (tertiary/aromatic N) is 2. The number of hydrogen-bond acceptors (Lipinski definition) is 4. The summed E-state index contributed by atoms with van der Waals surface area (Å²) in [7, 11) is 0. The van der Waals surface area contributed by atoms with E-state index in [1.165, 1.54) is 11.8 Å². The van der Waals surface area contributed by atoms with Crippen LogP contribution >= 0.6 is 23.4 Å². The van der Waals surface area contributed by atoms with Crippen LogP contribution in [0.25, 0.3) is 16.6 Å². The van der Waals surface area contributed by atoms with Crippen molar-refractivity contribution in [3.63, 3.8) is 0 Å². The number of carbonyl (C=O) groups is 1. The standard InChI is InChI=1S/C27H26ClN3O2S/c1-4-18-10-8-11-19(5-2)25(18)30-24(32)16-34-27-29-22-14-7-6-12-20(22)26(33)31(27)23-15-9-13-21(28)17(23)3/h6-15H,4-5,16H2,1-3H3,(H,30,32). The fourth-order valence-electron chi connectivity index (χ4n) is 3.97. The van der Waals surface area contributed by atoms with E-state index in [9.17, 15) is 9.59 Å². The number of benzene rings is 3. The van der Waals surface area contributed by atoms with Gasteiger partial charge in [-0.2, -0.15) is 0 Å². The van der Waals surface area contributed by atoms with E-state index in [-0.39, 0.29) is 17.2 Å². The first-order valence-corrected chi connectivity index (χ1v) is 12.6. The van der Waals surface area contributed by atoms with Gasteiger partial charge in [0.2, 0.25) is 5.91 Å². The lowest BCUT2D eigenvalue weighted by Gasteiger charge is -2.17. The van der Waals surface area contributed by atoms with Crippen molar-refractivity contribution in [1.82, 2.24) is 9.55 Å². The molecule has 1 N–H and O–H groups in total. The van der Waals surface area contributed by atoms with Gasteiger partial charge in [0.1, 0.15) is 0 Å². The minimum Gasteiger partial charge on any atom is -0.325 e. The van der Waals surface area contributed by atoms with Crippen molar-refractivity contribution in [2.75, 3.05) is 11.1 Å². The predicted octanol–water partition coefficient (Wildman–Crippen LogP) is 6.20. The Bertz CT molecular complexity index is 1410. The van der Waals surface area contributed by atoms with Crippen LogP contribution in [0.5, 0.6) is 0 Å². The summed E-state index contributed by atoms with van der Waals surface area (Å²) in [6.07, 6.45) is 1.66. The lowest BCUT2D eigenvalue weighted by atomic mass is 10.0. The molecule has 7 heteroatoms. The summed E-state index contributed by atoms with van der Waals surface area (Å²) in [5.74, 6) is -0.0247. The van der Waals surface area contributed by atoms with E-state index in [0.29, 0.717) is 26.8 Å². The molecule has 1 amide bonds. The first kappa shape index (κ1) is 24.0. The molecule has 3 aromatic carbocycles. The molecule has 0 saturated heterocycles. The second-order valence-corrected chi connectivity index (χ2v) is 9.28. The van der Waals surface area contributed by atoms with E-state index in [2.05, 4.69) is 19.2 Å². The van der Waals surface area contributed by atoms with Crippen molar-refractivity contribution in [1.29, 1.82) is 0 Å². The molecule has 0 fully saturated rings. The molecule has 0 unspecified atom stereocenters. The molecule has 0 aliphatic heterocycles. The Hall–Kier alpha value is -3.09. The van der Waals surface area contributed by atoms with Gasteiger partial charge < -0.3 is 5.32 Å². The summed E-state index contributed by atoms with van der Waals surface area (Å²) in [4.78, 5) is 31.2. The predicted molar refractivity (Wildman–Crippen MR) is 142 cm³/mol. The van der Waals surface area contributed by atoms with Crippen LogP contribution < -0.4 is 10.9 Å². The van der Waals surface area contributed by atoms with Gasteiger partial charge in [0.15, 0.2) is 5.16 Å². The molecule has 4 aromatic rings. The fraction of sp³-hybridized carbons (Fsp3) is 0.222. The Morgan fingerprint density at radius 3 is 2.38 bits per heavy atom. The molecule has 0 aliphatic carbocycles. The number of thioether (sulfide) groups is 1. The second kappa shape index (κ2) is 10.5. The number of para-hydroxylation sites is 2. The molecule has 0 atom stereocenters. The number of nitrogens with one attached hydrogen (secondary N) is 1. The maximum absolute atomic E-state index is 13.5. The number of aromatic nitrogens is 2.